The summed E-state index contributed by atoms with van der Waals surface area (Å²) >= 11 is 0. The van der Waals surface area contributed by atoms with Crippen LogP contribution in [-0.2, 0) is 33.8 Å². The van der Waals surface area contributed by atoms with Crippen LogP contribution in [0, 0.1) is 24.7 Å². The van der Waals surface area contributed by atoms with Crippen LogP contribution in [0.25, 0.3) is 10.8 Å². The second-order valence-corrected chi connectivity index (χ2v) is 10.2. The van der Waals surface area contributed by atoms with E-state index in [1.165, 1.54) is 12.1 Å². The number of sulfonamides is 1. The number of nitrogens with zero attached hydrogens (tertiary/aromatic N) is 1. The highest BCUT2D eigenvalue weighted by Gasteiger charge is 2.55. The van der Waals surface area contributed by atoms with Crippen LogP contribution in [0.2, 0.25) is 0 Å². The first kappa shape index (κ1) is 26.0. The molecule has 2 aromatic rings. The van der Waals surface area contributed by atoms with Gasteiger partial charge in [0.15, 0.2) is 13.2 Å². The predicted octanol–water partition coefficient (Wildman–Crippen LogP) is 1.54. The summed E-state index contributed by atoms with van der Waals surface area (Å²) in [7, 11) is -0.361. The van der Waals surface area contributed by atoms with Crippen LogP contribution in [0.4, 0.5) is 5.69 Å². The van der Waals surface area contributed by atoms with Crippen molar-refractivity contribution in [3.63, 3.8) is 0 Å². The van der Waals surface area contributed by atoms with Gasteiger partial charge < -0.3 is 19.1 Å². The number of benzene rings is 2. The molecule has 9 nitrogen and oxygen atoms in total. The maximum atomic E-state index is 13.5. The zero-order chi connectivity index (χ0) is 26.8. The molecule has 0 aliphatic carbocycles. The van der Waals surface area contributed by atoms with Crippen molar-refractivity contribution in [1.82, 2.24) is 4.72 Å². The van der Waals surface area contributed by atoms with Crippen LogP contribution in [0.1, 0.15) is 0 Å². The summed E-state index contributed by atoms with van der Waals surface area (Å²) in [4.78, 5) is 27.6. The lowest BCUT2D eigenvalue weighted by molar-refractivity contribution is -0.141. The molecule has 4 rings (SSSR count). The van der Waals surface area contributed by atoms with Crippen LogP contribution < -0.4 is 9.62 Å². The Balaban J connectivity index is 1.70. The van der Waals surface area contributed by atoms with Gasteiger partial charge in [-0.05, 0) is 18.2 Å². The van der Waals surface area contributed by atoms with E-state index in [1.807, 2.05) is 31.1 Å². The fourth-order valence-electron chi connectivity index (χ4n) is 4.44. The SMILES string of the molecule is C#CCOC(=O)C1=C(C(=O)OCC#C)[C@@]2(CNS(=O)(=O)c3cccc4c(N(C)C)cccc34)C=C[C@@H]1O2. The average Bonchev–Trinajstić information content (AvgIpc) is 3.45. The Morgan fingerprint density at radius 3 is 2.38 bits per heavy atom. The van der Waals surface area contributed by atoms with Crippen LogP contribution >= 0.6 is 0 Å². The molecule has 0 unspecified atom stereocenters. The van der Waals surface area contributed by atoms with Crippen molar-refractivity contribution in [2.24, 2.45) is 0 Å². The number of anilines is 1. The van der Waals surface area contributed by atoms with Crippen LogP contribution in [0.5, 0.6) is 0 Å². The van der Waals surface area contributed by atoms with Gasteiger partial charge in [0.1, 0.15) is 11.7 Å². The van der Waals surface area contributed by atoms with Gasteiger partial charge in [-0.3, -0.25) is 0 Å². The summed E-state index contributed by atoms with van der Waals surface area (Å²) in [5, 5.41) is 1.28. The third-order valence-electron chi connectivity index (χ3n) is 6.01. The third-order valence-corrected chi connectivity index (χ3v) is 7.47. The monoisotopic (exact) mass is 520 g/mol. The van der Waals surface area contributed by atoms with Crippen molar-refractivity contribution in [1.29, 1.82) is 0 Å². The lowest BCUT2D eigenvalue weighted by Crippen LogP contribution is -2.44. The maximum absolute atomic E-state index is 13.5. The van der Waals surface area contributed by atoms with E-state index in [0.29, 0.717) is 5.39 Å². The summed E-state index contributed by atoms with van der Waals surface area (Å²) < 4.78 is 45.5. The summed E-state index contributed by atoms with van der Waals surface area (Å²) in [6.45, 7) is -1.06. The number of nitrogens with one attached hydrogen (secondary N) is 1. The first-order chi connectivity index (χ1) is 17.6. The van der Waals surface area contributed by atoms with Gasteiger partial charge in [-0.2, -0.15) is 0 Å². The highest BCUT2D eigenvalue weighted by molar-refractivity contribution is 7.89. The van der Waals surface area contributed by atoms with Crippen molar-refractivity contribution in [2.75, 3.05) is 38.8 Å². The molecule has 2 atom stereocenters. The molecular weight excluding hydrogens is 496 g/mol. The fourth-order valence-corrected chi connectivity index (χ4v) is 5.72. The molecule has 1 N–H and O–H groups in total. The smallest absolute Gasteiger partial charge is 0.338 e. The van der Waals surface area contributed by atoms with Crippen LogP contribution in [0.15, 0.2) is 64.6 Å². The van der Waals surface area contributed by atoms with Gasteiger partial charge in [-0.15, -0.1) is 12.8 Å². The van der Waals surface area contributed by atoms with Gasteiger partial charge in [0.05, 0.1) is 16.0 Å². The Morgan fingerprint density at radius 2 is 1.70 bits per heavy atom. The second-order valence-electron chi connectivity index (χ2n) is 8.48. The number of fused-ring (bicyclic) bond motifs is 3. The molecule has 0 aromatic heterocycles. The van der Waals surface area contributed by atoms with Gasteiger partial charge >= 0.3 is 11.9 Å². The zero-order valence-electron chi connectivity index (χ0n) is 20.2. The average molecular weight is 521 g/mol. The Morgan fingerprint density at radius 1 is 1.05 bits per heavy atom. The molecular formula is C27H24N2O7S. The van der Waals surface area contributed by atoms with Crippen molar-refractivity contribution in [2.45, 2.75) is 16.6 Å². The van der Waals surface area contributed by atoms with Crippen molar-refractivity contribution >= 4 is 38.4 Å². The summed E-state index contributed by atoms with van der Waals surface area (Å²) in [6, 6.07) is 10.4. The number of esters is 2. The molecule has 37 heavy (non-hydrogen) atoms. The Hall–Kier alpha value is -4.09. The normalized spacial score (nSPS) is 19.9. The highest BCUT2D eigenvalue weighted by atomic mass is 32.2. The number of ether oxygens (including phenoxy) is 3. The molecule has 2 aliphatic rings. The number of terminal acetylenes is 2. The summed E-state index contributed by atoms with van der Waals surface area (Å²) in [5.74, 6) is 2.58. The van der Waals surface area contributed by atoms with E-state index in [9.17, 15) is 18.0 Å². The molecule has 2 aromatic carbocycles. The minimum atomic E-state index is -4.10. The summed E-state index contributed by atoms with van der Waals surface area (Å²) in [5.41, 5.74) is -1.05. The molecule has 0 spiro atoms. The van der Waals surface area contributed by atoms with Crippen molar-refractivity contribution in [3.8, 4) is 24.7 Å². The molecule has 2 aliphatic heterocycles. The van der Waals surface area contributed by atoms with E-state index in [2.05, 4.69) is 16.6 Å². The number of carbonyl (C=O) groups is 2. The molecule has 0 saturated carbocycles. The molecule has 10 heteroatoms. The van der Waals surface area contributed by atoms with Gasteiger partial charge in [0.25, 0.3) is 0 Å². The second kappa shape index (κ2) is 10.1. The minimum Gasteiger partial charge on any atom is -0.449 e. The first-order valence-corrected chi connectivity index (χ1v) is 12.7. The fraction of sp³-hybridized carbons (Fsp3) is 0.259. The van der Waals surface area contributed by atoms with E-state index in [-0.39, 0.29) is 29.3 Å². The van der Waals surface area contributed by atoms with Gasteiger partial charge in [-0.25, -0.2) is 22.7 Å². The van der Waals surface area contributed by atoms with Crippen LogP contribution in [0.3, 0.4) is 0 Å². The maximum Gasteiger partial charge on any atom is 0.338 e. The predicted molar refractivity (Wildman–Crippen MR) is 137 cm³/mol. The lowest BCUT2D eigenvalue weighted by Gasteiger charge is -2.26. The molecule has 0 fully saturated rings. The minimum absolute atomic E-state index is 0.0516. The standard InChI is InChI=1S/C27H24N2O7S/c1-5-15-34-25(30)23-21-13-14-27(36-21,24(23)26(31)35-16-6-2)17-28-37(32,33)22-12-8-9-18-19(22)10-7-11-20(18)29(3)4/h1-2,7-14,21,28H,15-17H2,3-4H3/t21-,27-/m0/s1. The van der Waals surface area contributed by atoms with Crippen LogP contribution in [-0.4, -0.2) is 65.9 Å². The van der Waals surface area contributed by atoms with Crippen molar-refractivity contribution < 1.29 is 32.2 Å². The Kier molecular flexibility index (Phi) is 7.10. The van der Waals surface area contributed by atoms with E-state index in [0.717, 1.165) is 11.1 Å². The number of hydrogen-bond donors (Lipinski definition) is 1. The van der Waals surface area contributed by atoms with Gasteiger partial charge in [0.2, 0.25) is 10.0 Å². The van der Waals surface area contributed by atoms with E-state index >= 15 is 0 Å². The number of rotatable bonds is 9. The molecule has 0 radical (unpaired) electrons. The van der Waals surface area contributed by atoms with Crippen molar-refractivity contribution in [3.05, 3.63) is 59.7 Å². The topological polar surface area (TPSA) is 111 Å². The quantitative estimate of drug-likeness (QED) is 0.301. The highest BCUT2D eigenvalue weighted by Crippen LogP contribution is 2.44. The van der Waals surface area contributed by atoms with Gasteiger partial charge in [0, 0.05) is 37.1 Å². The third kappa shape index (κ3) is 4.70. The Labute approximate surface area is 215 Å². The van der Waals surface area contributed by atoms with E-state index in [4.69, 9.17) is 27.1 Å². The van der Waals surface area contributed by atoms with E-state index in [1.54, 1.807) is 24.3 Å². The molecule has 0 saturated heterocycles. The largest absolute Gasteiger partial charge is 0.449 e. The van der Waals surface area contributed by atoms with E-state index < -0.39 is 40.2 Å². The lowest BCUT2D eigenvalue weighted by atomic mass is 9.87. The number of carbonyl (C=O) groups excluding carboxylic acids is 2. The molecule has 2 bridgehead atoms. The Bertz CT molecular complexity index is 1530. The molecule has 190 valence electrons. The molecule has 2 heterocycles. The number of hydrogen-bond acceptors (Lipinski definition) is 8. The first-order valence-electron chi connectivity index (χ1n) is 11.2. The summed E-state index contributed by atoms with van der Waals surface area (Å²) in [6.07, 6.45) is 12.5. The zero-order valence-corrected chi connectivity index (χ0v) is 21.0. The molecule has 0 amide bonds. The van der Waals surface area contributed by atoms with Gasteiger partial charge in [-0.1, -0.05) is 42.2 Å².